The van der Waals surface area contributed by atoms with Crippen molar-refractivity contribution in [3.8, 4) is 0 Å². The predicted octanol–water partition coefficient (Wildman–Crippen LogP) is 0.628. The lowest BCUT2D eigenvalue weighted by molar-refractivity contribution is 1.35. The molecule has 0 aliphatic carbocycles. The lowest BCUT2D eigenvalue weighted by Gasteiger charge is -1.98. The maximum Gasteiger partial charge on any atom is 0.223 e. The normalized spacial score (nSPS) is 11.1. The quantitative estimate of drug-likeness (QED) is 0.388. The topological polar surface area (TPSA) is 103 Å². The first-order valence-corrected chi connectivity index (χ1v) is 5.42. The number of hydrogen-bond donors (Lipinski definition) is 3. The van der Waals surface area contributed by atoms with Gasteiger partial charge < -0.3 is 17.2 Å². The van der Waals surface area contributed by atoms with E-state index in [0.717, 1.165) is 10.6 Å². The molecule has 1 aromatic carbocycles. The Balaban J connectivity index is 2.92. The number of nitrogens with two attached hydrogens (primary N) is 3. The second kappa shape index (κ2) is 5.26. The monoisotopic (exact) mass is 223 g/mol. The van der Waals surface area contributed by atoms with Crippen molar-refractivity contribution in [1.29, 1.82) is 0 Å². The molecular formula is C9H13N5S. The van der Waals surface area contributed by atoms with Crippen LogP contribution in [-0.4, -0.2) is 18.2 Å². The van der Waals surface area contributed by atoms with Crippen LogP contribution in [0.4, 0.5) is 5.69 Å². The van der Waals surface area contributed by atoms with Crippen LogP contribution in [0, 0.1) is 0 Å². The Hall–Kier alpha value is -1.69. The van der Waals surface area contributed by atoms with Gasteiger partial charge in [-0.05, 0) is 24.5 Å². The van der Waals surface area contributed by atoms with E-state index in [0.29, 0.717) is 0 Å². The molecule has 1 aromatic rings. The van der Waals surface area contributed by atoms with E-state index in [4.69, 9.17) is 17.2 Å². The summed E-state index contributed by atoms with van der Waals surface area (Å²) in [5.41, 5.74) is 16.6. The predicted molar refractivity (Wildman–Crippen MR) is 65.3 cm³/mol. The van der Waals surface area contributed by atoms with E-state index in [9.17, 15) is 0 Å². The number of aliphatic imine (C=N–C) groups is 2. The van der Waals surface area contributed by atoms with E-state index in [-0.39, 0.29) is 11.9 Å². The summed E-state index contributed by atoms with van der Waals surface area (Å²) in [6, 6.07) is 7.61. The molecule has 0 unspecified atom stereocenters. The highest BCUT2D eigenvalue weighted by Gasteiger charge is 1.94. The molecule has 0 heterocycles. The van der Waals surface area contributed by atoms with Crippen molar-refractivity contribution in [2.45, 2.75) is 4.90 Å². The van der Waals surface area contributed by atoms with Crippen molar-refractivity contribution >= 4 is 29.4 Å². The summed E-state index contributed by atoms with van der Waals surface area (Å²) in [4.78, 5) is 8.77. The van der Waals surface area contributed by atoms with Crippen LogP contribution in [0.2, 0.25) is 0 Å². The smallest absolute Gasteiger partial charge is 0.223 e. The SMILES string of the molecule is CSc1cccc(N=C(N)N=C(N)N)c1. The van der Waals surface area contributed by atoms with Gasteiger partial charge in [-0.2, -0.15) is 4.99 Å². The Morgan fingerprint density at radius 3 is 2.60 bits per heavy atom. The molecule has 0 saturated carbocycles. The summed E-state index contributed by atoms with van der Waals surface area (Å²) in [6.45, 7) is 0. The zero-order chi connectivity index (χ0) is 11.3. The number of thioether (sulfide) groups is 1. The zero-order valence-corrected chi connectivity index (χ0v) is 9.16. The minimum atomic E-state index is -0.0997. The van der Waals surface area contributed by atoms with Crippen molar-refractivity contribution < 1.29 is 0 Å². The van der Waals surface area contributed by atoms with E-state index in [1.54, 1.807) is 11.8 Å². The number of benzene rings is 1. The van der Waals surface area contributed by atoms with E-state index >= 15 is 0 Å². The molecule has 1 rings (SSSR count). The van der Waals surface area contributed by atoms with Gasteiger partial charge in [0.1, 0.15) is 0 Å². The summed E-state index contributed by atoms with van der Waals surface area (Å²) in [5, 5.41) is 0. The van der Waals surface area contributed by atoms with Gasteiger partial charge in [-0.25, -0.2) is 4.99 Å². The molecule has 0 spiro atoms. The van der Waals surface area contributed by atoms with Crippen LogP contribution in [-0.2, 0) is 0 Å². The number of rotatable bonds is 2. The highest BCUT2D eigenvalue weighted by atomic mass is 32.2. The molecule has 0 fully saturated rings. The van der Waals surface area contributed by atoms with Crippen LogP contribution >= 0.6 is 11.8 Å². The van der Waals surface area contributed by atoms with Gasteiger partial charge >= 0.3 is 0 Å². The van der Waals surface area contributed by atoms with Gasteiger partial charge in [0.2, 0.25) is 5.96 Å². The molecule has 6 N–H and O–H groups in total. The fourth-order valence-electron chi connectivity index (χ4n) is 0.970. The molecule has 0 bridgehead atoms. The lowest BCUT2D eigenvalue weighted by Crippen LogP contribution is -2.26. The molecule has 80 valence electrons. The van der Waals surface area contributed by atoms with Gasteiger partial charge in [-0.1, -0.05) is 6.07 Å². The van der Waals surface area contributed by atoms with Gasteiger partial charge in [0, 0.05) is 4.90 Å². The Morgan fingerprint density at radius 1 is 1.27 bits per heavy atom. The third-order valence-electron chi connectivity index (χ3n) is 1.54. The van der Waals surface area contributed by atoms with Crippen LogP contribution in [0.25, 0.3) is 0 Å². The maximum atomic E-state index is 5.49. The van der Waals surface area contributed by atoms with Crippen molar-refractivity contribution in [2.24, 2.45) is 27.2 Å². The van der Waals surface area contributed by atoms with Gasteiger partial charge in [-0.15, -0.1) is 11.8 Å². The van der Waals surface area contributed by atoms with E-state index < -0.39 is 0 Å². The summed E-state index contributed by atoms with van der Waals surface area (Å²) >= 11 is 1.63. The summed E-state index contributed by atoms with van der Waals surface area (Å²) in [7, 11) is 0. The molecule has 5 nitrogen and oxygen atoms in total. The van der Waals surface area contributed by atoms with Gasteiger partial charge in [0.25, 0.3) is 0 Å². The molecule has 6 heteroatoms. The Morgan fingerprint density at radius 2 is 2.00 bits per heavy atom. The average molecular weight is 223 g/mol. The fourth-order valence-corrected chi connectivity index (χ4v) is 1.42. The van der Waals surface area contributed by atoms with Crippen molar-refractivity contribution in [2.75, 3.05) is 6.26 Å². The number of hydrogen-bond acceptors (Lipinski definition) is 2. The van der Waals surface area contributed by atoms with Crippen molar-refractivity contribution in [1.82, 2.24) is 0 Å². The van der Waals surface area contributed by atoms with Crippen molar-refractivity contribution in [3.63, 3.8) is 0 Å². The summed E-state index contributed by atoms with van der Waals surface area (Å²) in [5.74, 6) is -0.0504. The molecule has 0 saturated heterocycles. The average Bonchev–Trinajstić information content (AvgIpc) is 2.16. The molecule has 0 aliphatic rings. The third kappa shape index (κ3) is 3.90. The highest BCUT2D eigenvalue weighted by molar-refractivity contribution is 7.98. The molecule has 0 aromatic heterocycles. The molecule has 0 amide bonds. The van der Waals surface area contributed by atoms with Crippen LogP contribution in [0.3, 0.4) is 0 Å². The third-order valence-corrected chi connectivity index (χ3v) is 2.27. The Labute approximate surface area is 92.5 Å². The Bertz CT molecular complexity index is 395. The van der Waals surface area contributed by atoms with Gasteiger partial charge in [0.05, 0.1) is 5.69 Å². The van der Waals surface area contributed by atoms with Crippen LogP contribution in [0.15, 0.2) is 39.1 Å². The lowest BCUT2D eigenvalue weighted by atomic mass is 10.3. The first-order valence-electron chi connectivity index (χ1n) is 4.19. The number of nitrogens with zero attached hydrogens (tertiary/aromatic N) is 2. The first-order chi connectivity index (χ1) is 7.11. The minimum Gasteiger partial charge on any atom is -0.370 e. The Kier molecular flexibility index (Phi) is 3.99. The zero-order valence-electron chi connectivity index (χ0n) is 8.34. The standard InChI is InChI=1S/C9H13N5S/c1-15-7-4-2-3-6(5-7)13-9(12)14-8(10)11/h2-5H,1H3,(H6,10,11,12,13,14). The van der Waals surface area contributed by atoms with Crippen LogP contribution in [0.1, 0.15) is 0 Å². The van der Waals surface area contributed by atoms with E-state index in [1.807, 2.05) is 30.5 Å². The highest BCUT2D eigenvalue weighted by Crippen LogP contribution is 2.20. The van der Waals surface area contributed by atoms with Crippen LogP contribution in [0.5, 0.6) is 0 Å². The molecule has 0 radical (unpaired) electrons. The molecule has 0 atom stereocenters. The van der Waals surface area contributed by atoms with E-state index in [1.165, 1.54) is 0 Å². The fraction of sp³-hybridized carbons (Fsp3) is 0.111. The second-order valence-electron chi connectivity index (χ2n) is 2.71. The summed E-state index contributed by atoms with van der Waals surface area (Å²) in [6.07, 6.45) is 1.99. The summed E-state index contributed by atoms with van der Waals surface area (Å²) < 4.78 is 0. The van der Waals surface area contributed by atoms with Gasteiger partial charge in [0.15, 0.2) is 5.96 Å². The van der Waals surface area contributed by atoms with Crippen LogP contribution < -0.4 is 17.2 Å². The molecular weight excluding hydrogens is 210 g/mol. The first kappa shape index (κ1) is 11.4. The number of guanidine groups is 2. The van der Waals surface area contributed by atoms with Gasteiger partial charge in [-0.3, -0.25) is 0 Å². The molecule has 15 heavy (non-hydrogen) atoms. The van der Waals surface area contributed by atoms with E-state index in [2.05, 4.69) is 9.98 Å². The van der Waals surface area contributed by atoms with Crippen molar-refractivity contribution in [3.05, 3.63) is 24.3 Å². The largest absolute Gasteiger partial charge is 0.370 e. The minimum absolute atomic E-state index is 0.0493. The maximum absolute atomic E-state index is 5.49. The second-order valence-corrected chi connectivity index (χ2v) is 3.59. The molecule has 0 aliphatic heterocycles.